The number of rotatable bonds is 3. The van der Waals surface area contributed by atoms with E-state index in [0.717, 1.165) is 38.2 Å². The Balaban J connectivity index is 0.00000104. The number of halogens is 3. The van der Waals surface area contributed by atoms with Gasteiger partial charge in [-0.05, 0) is 34.2 Å². The molecule has 0 amide bonds. The topological polar surface area (TPSA) is 15.3 Å². The molecule has 0 bridgehead atoms. The number of nitrogens with one attached hydrogen (secondary N) is 1. The van der Waals surface area contributed by atoms with Crippen molar-refractivity contribution in [1.82, 2.24) is 10.2 Å². The molecule has 1 atom stereocenters. The molecule has 2 nitrogen and oxygen atoms in total. The monoisotopic (exact) mass is 368 g/mol. The van der Waals surface area contributed by atoms with Crippen LogP contribution in [-0.2, 0) is 6.42 Å². The number of hydrogen-bond donors (Lipinski definition) is 1. The zero-order chi connectivity index (χ0) is 14.9. The van der Waals surface area contributed by atoms with Crippen LogP contribution in [0.25, 0.3) is 11.1 Å². The zero-order valence-electron chi connectivity index (χ0n) is 13.5. The summed E-state index contributed by atoms with van der Waals surface area (Å²) in [5, 5.41) is 3.33. The number of benzene rings is 2. The third kappa shape index (κ3) is 3.45. The molecule has 2 aromatic carbocycles. The van der Waals surface area contributed by atoms with E-state index in [4.69, 9.17) is 0 Å². The van der Waals surface area contributed by atoms with E-state index in [1.807, 2.05) is 0 Å². The van der Waals surface area contributed by atoms with Crippen LogP contribution >= 0.6 is 24.8 Å². The van der Waals surface area contributed by atoms with E-state index in [0.29, 0.717) is 0 Å². The highest BCUT2D eigenvalue weighted by Gasteiger charge is 2.24. The lowest BCUT2D eigenvalue weighted by Crippen LogP contribution is -2.45. The van der Waals surface area contributed by atoms with Gasteiger partial charge in [-0.1, -0.05) is 42.5 Å². The van der Waals surface area contributed by atoms with Crippen LogP contribution in [0.15, 0.2) is 42.5 Å². The van der Waals surface area contributed by atoms with E-state index in [2.05, 4.69) is 52.7 Å². The minimum Gasteiger partial charge on any atom is -0.314 e. The minimum atomic E-state index is -0.314. The molecule has 0 spiro atoms. The van der Waals surface area contributed by atoms with Crippen molar-refractivity contribution in [2.45, 2.75) is 12.5 Å². The van der Waals surface area contributed by atoms with Gasteiger partial charge >= 0.3 is 0 Å². The van der Waals surface area contributed by atoms with E-state index in [-0.39, 0.29) is 37.5 Å². The molecular weight excluding hydrogens is 346 g/mol. The van der Waals surface area contributed by atoms with Gasteiger partial charge in [0.15, 0.2) is 0 Å². The van der Waals surface area contributed by atoms with Gasteiger partial charge in [0.25, 0.3) is 0 Å². The predicted octanol–water partition coefficient (Wildman–Crippen LogP) is 4.02. The summed E-state index contributed by atoms with van der Waals surface area (Å²) >= 11 is 0. The Morgan fingerprint density at radius 2 is 1.67 bits per heavy atom. The molecular formula is C19H23Cl2FN2. The summed E-state index contributed by atoms with van der Waals surface area (Å²) in [6.45, 7) is 3.43. The summed E-state index contributed by atoms with van der Waals surface area (Å²) in [6, 6.07) is 15.0. The van der Waals surface area contributed by atoms with Crippen LogP contribution in [0.1, 0.15) is 22.7 Å². The normalized spacial score (nSPS) is 17.2. The van der Waals surface area contributed by atoms with Gasteiger partial charge < -0.3 is 5.32 Å². The number of alkyl halides is 1. The number of fused-ring (bicyclic) bond motifs is 3. The third-order valence-electron chi connectivity index (χ3n) is 4.94. The van der Waals surface area contributed by atoms with Crippen molar-refractivity contribution >= 4 is 24.8 Å². The van der Waals surface area contributed by atoms with Crippen LogP contribution in [0.2, 0.25) is 0 Å². The Bertz CT molecular complexity index is 687. The molecule has 2 aromatic rings. The van der Waals surface area contributed by atoms with Crippen molar-refractivity contribution in [1.29, 1.82) is 0 Å². The molecule has 1 fully saturated rings. The Morgan fingerprint density at radius 3 is 2.42 bits per heavy atom. The first kappa shape index (κ1) is 19.2. The molecule has 4 rings (SSSR count). The molecule has 2 aliphatic rings. The average molecular weight is 369 g/mol. The molecule has 1 aliphatic heterocycles. The second-order valence-electron chi connectivity index (χ2n) is 6.21. The highest BCUT2D eigenvalue weighted by molar-refractivity contribution is 5.85. The maximum Gasteiger partial charge on any atom is 0.109 e. The fraction of sp³-hybridized carbons (Fsp3) is 0.368. The van der Waals surface area contributed by atoms with E-state index < -0.39 is 0 Å². The molecule has 0 unspecified atom stereocenters. The van der Waals surface area contributed by atoms with E-state index in [9.17, 15) is 4.39 Å². The summed E-state index contributed by atoms with van der Waals surface area (Å²) in [5.41, 5.74) is 6.50. The number of hydrogen-bond acceptors (Lipinski definition) is 2. The van der Waals surface area contributed by atoms with E-state index >= 15 is 0 Å². The van der Waals surface area contributed by atoms with E-state index in [1.54, 1.807) is 0 Å². The van der Waals surface area contributed by atoms with Crippen LogP contribution in [0.3, 0.4) is 0 Å². The third-order valence-corrected chi connectivity index (χ3v) is 4.94. The van der Waals surface area contributed by atoms with Crippen molar-refractivity contribution in [3.8, 4) is 11.1 Å². The minimum absolute atomic E-state index is 0. The summed E-state index contributed by atoms with van der Waals surface area (Å²) in [5.74, 6) is 0. The fourth-order valence-corrected chi connectivity index (χ4v) is 3.76. The van der Waals surface area contributed by atoms with E-state index in [1.165, 1.54) is 22.3 Å². The van der Waals surface area contributed by atoms with Crippen LogP contribution in [0.5, 0.6) is 0 Å². The van der Waals surface area contributed by atoms with Gasteiger partial charge in [-0.15, -0.1) is 24.8 Å². The van der Waals surface area contributed by atoms with Gasteiger partial charge in [-0.2, -0.15) is 0 Å². The van der Waals surface area contributed by atoms with Crippen molar-refractivity contribution in [2.24, 2.45) is 0 Å². The average Bonchev–Trinajstić information content (AvgIpc) is 2.94. The van der Waals surface area contributed by atoms with Crippen LogP contribution < -0.4 is 5.32 Å². The number of piperazine rings is 1. The molecule has 1 heterocycles. The lowest BCUT2D eigenvalue weighted by Gasteiger charge is -2.33. The molecule has 1 saturated heterocycles. The highest BCUT2D eigenvalue weighted by atomic mass is 35.5. The standard InChI is InChI=1S/C19H21FN2.2ClH/c20-13-19(22-9-7-21-8-10-22)15-5-6-18-16(12-15)11-14-3-1-2-4-17(14)18;;/h1-6,12,19,21H,7-11,13H2;2*1H/t19-;;/m0../s1. The smallest absolute Gasteiger partial charge is 0.109 e. The van der Waals surface area contributed by atoms with Gasteiger partial charge in [0, 0.05) is 26.2 Å². The molecule has 1 N–H and O–H groups in total. The summed E-state index contributed by atoms with van der Waals surface area (Å²) < 4.78 is 13.7. The molecule has 0 saturated carbocycles. The quantitative estimate of drug-likeness (QED) is 0.750. The zero-order valence-corrected chi connectivity index (χ0v) is 15.1. The molecule has 130 valence electrons. The second-order valence-corrected chi connectivity index (χ2v) is 6.21. The highest BCUT2D eigenvalue weighted by Crippen LogP contribution is 2.38. The predicted molar refractivity (Wildman–Crippen MR) is 102 cm³/mol. The maximum atomic E-state index is 13.7. The molecule has 1 aliphatic carbocycles. The lowest BCUT2D eigenvalue weighted by atomic mass is 9.99. The first-order chi connectivity index (χ1) is 10.9. The fourth-order valence-electron chi connectivity index (χ4n) is 3.76. The second kappa shape index (κ2) is 8.30. The van der Waals surface area contributed by atoms with Crippen molar-refractivity contribution in [3.63, 3.8) is 0 Å². The lowest BCUT2D eigenvalue weighted by molar-refractivity contribution is 0.147. The first-order valence-electron chi connectivity index (χ1n) is 8.08. The Hall–Kier alpha value is -1.13. The summed E-state index contributed by atoms with van der Waals surface area (Å²) in [7, 11) is 0. The molecule has 0 radical (unpaired) electrons. The van der Waals surface area contributed by atoms with Crippen LogP contribution in [0.4, 0.5) is 4.39 Å². The Morgan fingerprint density at radius 1 is 0.958 bits per heavy atom. The molecule has 24 heavy (non-hydrogen) atoms. The van der Waals surface area contributed by atoms with Gasteiger partial charge in [0.1, 0.15) is 6.67 Å². The summed E-state index contributed by atoms with van der Waals surface area (Å²) in [4.78, 5) is 2.26. The van der Waals surface area contributed by atoms with Crippen LogP contribution in [0, 0.1) is 0 Å². The van der Waals surface area contributed by atoms with Crippen molar-refractivity contribution in [2.75, 3.05) is 32.9 Å². The first-order valence-corrected chi connectivity index (χ1v) is 8.08. The number of nitrogens with zero attached hydrogens (tertiary/aromatic N) is 1. The molecule has 5 heteroatoms. The molecule has 0 aromatic heterocycles. The Kier molecular flexibility index (Phi) is 6.64. The maximum absolute atomic E-state index is 13.7. The van der Waals surface area contributed by atoms with Gasteiger partial charge in [0.05, 0.1) is 6.04 Å². The van der Waals surface area contributed by atoms with Crippen molar-refractivity contribution < 1.29 is 4.39 Å². The van der Waals surface area contributed by atoms with Gasteiger partial charge in [0.2, 0.25) is 0 Å². The summed E-state index contributed by atoms with van der Waals surface area (Å²) in [6.07, 6.45) is 0.972. The van der Waals surface area contributed by atoms with Crippen LogP contribution in [-0.4, -0.2) is 37.8 Å². The SMILES string of the molecule is Cl.Cl.FC[C@@H](c1ccc2c(c1)Cc1ccccc1-2)N1CCNCC1. The Labute approximate surface area is 155 Å². The van der Waals surface area contributed by atoms with Gasteiger partial charge in [-0.3, -0.25) is 4.90 Å². The largest absolute Gasteiger partial charge is 0.314 e. The van der Waals surface area contributed by atoms with Crippen molar-refractivity contribution in [3.05, 3.63) is 59.2 Å². The van der Waals surface area contributed by atoms with Gasteiger partial charge in [-0.25, -0.2) is 4.39 Å².